The van der Waals surface area contributed by atoms with Crippen LogP contribution < -0.4 is 14.8 Å². The Morgan fingerprint density at radius 3 is 2.26 bits per heavy atom. The molecule has 0 saturated heterocycles. The lowest BCUT2D eigenvalue weighted by molar-refractivity contribution is 0.102. The van der Waals surface area contributed by atoms with Crippen LogP contribution in [0.4, 0.5) is 5.69 Å². The predicted octanol–water partition coefficient (Wildman–Crippen LogP) is 4.43. The molecule has 2 aromatic heterocycles. The van der Waals surface area contributed by atoms with Gasteiger partial charge in [0.2, 0.25) is 5.88 Å². The molecule has 0 radical (unpaired) electrons. The monoisotopic (exact) mass is 455 g/mol. The molecule has 172 valence electrons. The van der Waals surface area contributed by atoms with Gasteiger partial charge in [-0.25, -0.2) is 15.0 Å². The van der Waals surface area contributed by atoms with Gasteiger partial charge in [0.1, 0.15) is 12.4 Å². The topological polar surface area (TPSA) is 89.5 Å². The van der Waals surface area contributed by atoms with Crippen molar-refractivity contribution in [2.75, 3.05) is 25.5 Å². The summed E-state index contributed by atoms with van der Waals surface area (Å²) >= 11 is 0. The van der Waals surface area contributed by atoms with E-state index >= 15 is 0 Å². The molecule has 0 fully saturated rings. The summed E-state index contributed by atoms with van der Waals surface area (Å²) in [6.45, 7) is 2.13. The molecule has 0 unspecified atom stereocenters. The van der Waals surface area contributed by atoms with Crippen molar-refractivity contribution >= 4 is 11.6 Å². The Labute approximate surface area is 198 Å². The van der Waals surface area contributed by atoms with Gasteiger partial charge in [-0.05, 0) is 30.8 Å². The Hall–Kier alpha value is -4.30. The van der Waals surface area contributed by atoms with Crippen molar-refractivity contribution in [1.29, 1.82) is 0 Å². The van der Waals surface area contributed by atoms with E-state index < -0.39 is 0 Å². The van der Waals surface area contributed by atoms with Crippen molar-refractivity contribution < 1.29 is 14.3 Å². The number of carbonyl (C=O) groups excluding carboxylic acids is 1. The lowest BCUT2D eigenvalue weighted by Crippen LogP contribution is -2.24. The number of hydrogen-bond acceptors (Lipinski definition) is 7. The Bertz CT molecular complexity index is 1170. The maximum Gasteiger partial charge on any atom is 0.321 e. The van der Waals surface area contributed by atoms with Gasteiger partial charge in [0.15, 0.2) is 0 Å². The zero-order valence-electron chi connectivity index (χ0n) is 18.8. The minimum absolute atomic E-state index is 0.167. The number of nitrogens with one attached hydrogen (secondary N) is 1. The van der Waals surface area contributed by atoms with Gasteiger partial charge in [-0.15, -0.1) is 0 Å². The maximum atomic E-state index is 12.5. The summed E-state index contributed by atoms with van der Waals surface area (Å²) in [5.74, 6) is 0.775. The highest BCUT2D eigenvalue weighted by Crippen LogP contribution is 2.17. The molecule has 0 aliphatic heterocycles. The molecule has 0 aliphatic rings. The average Bonchev–Trinajstić information content (AvgIpc) is 2.87. The maximum absolute atomic E-state index is 12.5. The second kappa shape index (κ2) is 11.5. The lowest BCUT2D eigenvalue weighted by atomic mass is 10.2. The van der Waals surface area contributed by atoms with Crippen molar-refractivity contribution in [1.82, 2.24) is 19.9 Å². The van der Waals surface area contributed by atoms with Crippen LogP contribution in [0, 0.1) is 0 Å². The molecule has 4 aromatic rings. The summed E-state index contributed by atoms with van der Waals surface area (Å²) in [4.78, 5) is 27.1. The normalized spacial score (nSPS) is 10.6. The third kappa shape index (κ3) is 6.85. The first-order chi connectivity index (χ1) is 16.7. The molecule has 0 saturated carbocycles. The van der Waals surface area contributed by atoms with E-state index in [0.29, 0.717) is 29.5 Å². The fourth-order valence-electron chi connectivity index (χ4n) is 3.10. The van der Waals surface area contributed by atoms with Gasteiger partial charge in [-0.1, -0.05) is 48.5 Å². The van der Waals surface area contributed by atoms with Crippen LogP contribution in [0.5, 0.6) is 17.6 Å². The number of carbonyl (C=O) groups is 1. The molecule has 0 atom stereocenters. The molecule has 2 heterocycles. The van der Waals surface area contributed by atoms with Crippen LogP contribution in [0.2, 0.25) is 0 Å². The van der Waals surface area contributed by atoms with Crippen LogP contribution in [0.3, 0.4) is 0 Å². The Morgan fingerprint density at radius 2 is 1.59 bits per heavy atom. The first-order valence-electron chi connectivity index (χ1n) is 10.8. The van der Waals surface area contributed by atoms with Crippen molar-refractivity contribution in [2.45, 2.75) is 6.54 Å². The quantitative estimate of drug-likeness (QED) is 0.378. The van der Waals surface area contributed by atoms with Gasteiger partial charge in [-0.3, -0.25) is 9.69 Å². The van der Waals surface area contributed by atoms with E-state index in [1.807, 2.05) is 43.4 Å². The molecular weight excluding hydrogens is 430 g/mol. The van der Waals surface area contributed by atoms with E-state index in [-0.39, 0.29) is 11.9 Å². The molecule has 1 amide bonds. The summed E-state index contributed by atoms with van der Waals surface area (Å²) in [5, 5.41) is 2.77. The van der Waals surface area contributed by atoms with Crippen LogP contribution in [-0.2, 0) is 6.54 Å². The standard InChI is InChI=1S/C26H25N5O3/c1-31(19-20-8-4-2-5-9-20)14-15-33-24-13-12-22(18-27-24)30-25(32)21-16-28-26(29-17-21)34-23-10-6-3-7-11-23/h2-13,16-18H,14-15,19H2,1H3,(H,30,32). The number of para-hydroxylation sites is 1. The number of anilines is 1. The Balaban J connectivity index is 1.22. The predicted molar refractivity (Wildman–Crippen MR) is 129 cm³/mol. The third-order valence-electron chi connectivity index (χ3n) is 4.86. The van der Waals surface area contributed by atoms with Crippen LogP contribution in [0.1, 0.15) is 15.9 Å². The molecule has 4 rings (SSSR count). The molecule has 0 spiro atoms. The van der Waals surface area contributed by atoms with Crippen LogP contribution in [0.25, 0.3) is 0 Å². The molecule has 0 aliphatic carbocycles. The fraction of sp³-hybridized carbons (Fsp3) is 0.154. The first-order valence-corrected chi connectivity index (χ1v) is 10.8. The second-order valence-corrected chi connectivity index (χ2v) is 7.58. The summed E-state index contributed by atoms with van der Waals surface area (Å²) in [6, 6.07) is 23.1. The number of aromatic nitrogens is 3. The number of hydrogen-bond donors (Lipinski definition) is 1. The average molecular weight is 456 g/mol. The van der Waals surface area contributed by atoms with Crippen LogP contribution >= 0.6 is 0 Å². The van der Waals surface area contributed by atoms with E-state index in [1.165, 1.54) is 18.0 Å². The van der Waals surface area contributed by atoms with E-state index in [1.54, 1.807) is 30.5 Å². The van der Waals surface area contributed by atoms with Gasteiger partial charge in [-0.2, -0.15) is 0 Å². The number of pyridine rings is 1. The number of amides is 1. The molecule has 34 heavy (non-hydrogen) atoms. The van der Waals surface area contributed by atoms with Gasteiger partial charge in [0.25, 0.3) is 5.91 Å². The van der Waals surface area contributed by atoms with Gasteiger partial charge in [0.05, 0.1) is 17.4 Å². The highest BCUT2D eigenvalue weighted by Gasteiger charge is 2.09. The first kappa shape index (κ1) is 22.9. The molecule has 8 heteroatoms. The van der Waals surface area contributed by atoms with E-state index in [2.05, 4.69) is 37.3 Å². The largest absolute Gasteiger partial charge is 0.476 e. The molecule has 0 bridgehead atoms. The number of likely N-dealkylation sites (N-methyl/N-ethyl adjacent to an activating group) is 1. The van der Waals surface area contributed by atoms with Crippen molar-refractivity contribution in [2.24, 2.45) is 0 Å². The summed E-state index contributed by atoms with van der Waals surface area (Å²) in [7, 11) is 2.05. The highest BCUT2D eigenvalue weighted by molar-refractivity contribution is 6.03. The molecule has 1 N–H and O–H groups in total. The van der Waals surface area contributed by atoms with Gasteiger partial charge in [0, 0.05) is 31.5 Å². The number of nitrogens with zero attached hydrogens (tertiary/aromatic N) is 4. The minimum Gasteiger partial charge on any atom is -0.476 e. The minimum atomic E-state index is -0.343. The Morgan fingerprint density at radius 1 is 0.882 bits per heavy atom. The number of benzene rings is 2. The van der Waals surface area contributed by atoms with E-state index in [9.17, 15) is 4.79 Å². The molecule has 8 nitrogen and oxygen atoms in total. The number of rotatable bonds is 10. The summed E-state index contributed by atoms with van der Waals surface area (Å²) in [5.41, 5.74) is 2.11. The smallest absolute Gasteiger partial charge is 0.321 e. The van der Waals surface area contributed by atoms with Gasteiger partial charge >= 0.3 is 6.01 Å². The van der Waals surface area contributed by atoms with Crippen molar-refractivity contribution in [3.63, 3.8) is 0 Å². The summed E-state index contributed by atoms with van der Waals surface area (Å²) in [6.07, 6.45) is 4.38. The Kier molecular flexibility index (Phi) is 7.76. The fourth-order valence-corrected chi connectivity index (χ4v) is 3.10. The van der Waals surface area contributed by atoms with Crippen molar-refractivity contribution in [3.05, 3.63) is 103 Å². The zero-order valence-corrected chi connectivity index (χ0v) is 18.8. The lowest BCUT2D eigenvalue weighted by Gasteiger charge is -2.16. The molecule has 2 aromatic carbocycles. The van der Waals surface area contributed by atoms with E-state index in [4.69, 9.17) is 9.47 Å². The zero-order chi connectivity index (χ0) is 23.6. The van der Waals surface area contributed by atoms with Crippen LogP contribution in [-0.4, -0.2) is 46.0 Å². The SMILES string of the molecule is CN(CCOc1ccc(NC(=O)c2cnc(Oc3ccccc3)nc2)cn1)Cc1ccccc1. The molecular formula is C26H25N5O3. The third-order valence-corrected chi connectivity index (χ3v) is 4.86. The summed E-state index contributed by atoms with van der Waals surface area (Å²) < 4.78 is 11.3. The number of ether oxygens (including phenoxy) is 2. The van der Waals surface area contributed by atoms with Gasteiger partial charge < -0.3 is 14.8 Å². The second-order valence-electron chi connectivity index (χ2n) is 7.58. The van der Waals surface area contributed by atoms with E-state index in [0.717, 1.165) is 13.1 Å². The highest BCUT2D eigenvalue weighted by atomic mass is 16.5. The van der Waals surface area contributed by atoms with Crippen molar-refractivity contribution in [3.8, 4) is 17.6 Å². The van der Waals surface area contributed by atoms with Crippen LogP contribution in [0.15, 0.2) is 91.4 Å².